The SMILES string of the molecule is N#CC1CN(CC(Cl)=CCl)CCO1. The lowest BCUT2D eigenvalue weighted by atomic mass is 10.3. The average Bonchev–Trinajstić information content (AvgIpc) is 2.18. The topological polar surface area (TPSA) is 36.3 Å². The Kier molecular flexibility index (Phi) is 4.54. The number of nitrogens with zero attached hydrogens (tertiary/aromatic N) is 2. The summed E-state index contributed by atoms with van der Waals surface area (Å²) in [6.07, 6.45) is -0.339. The van der Waals surface area contributed by atoms with Gasteiger partial charge in [0.15, 0.2) is 6.10 Å². The van der Waals surface area contributed by atoms with Crippen LogP contribution in [0, 0.1) is 11.3 Å². The number of halogens is 2. The third kappa shape index (κ3) is 3.53. The van der Waals surface area contributed by atoms with Crippen molar-refractivity contribution in [1.29, 1.82) is 5.26 Å². The van der Waals surface area contributed by atoms with Gasteiger partial charge in [-0.1, -0.05) is 23.2 Å². The van der Waals surface area contributed by atoms with Gasteiger partial charge in [-0.15, -0.1) is 0 Å². The molecule has 0 bridgehead atoms. The van der Waals surface area contributed by atoms with Crippen molar-refractivity contribution in [3.63, 3.8) is 0 Å². The highest BCUT2D eigenvalue weighted by atomic mass is 35.5. The predicted molar refractivity (Wildman–Crippen MR) is 51.6 cm³/mol. The molecule has 0 aromatic heterocycles. The summed E-state index contributed by atoms with van der Waals surface area (Å²) in [6, 6.07) is 2.07. The Morgan fingerprint density at radius 3 is 3.15 bits per heavy atom. The van der Waals surface area contributed by atoms with Gasteiger partial charge in [-0.25, -0.2) is 0 Å². The van der Waals surface area contributed by atoms with Crippen molar-refractivity contribution in [2.45, 2.75) is 6.10 Å². The molecule has 0 spiro atoms. The fourth-order valence-corrected chi connectivity index (χ4v) is 1.41. The molecule has 1 aliphatic heterocycles. The zero-order valence-electron chi connectivity index (χ0n) is 7.04. The zero-order chi connectivity index (χ0) is 9.68. The molecule has 1 aliphatic rings. The van der Waals surface area contributed by atoms with Crippen LogP contribution >= 0.6 is 23.2 Å². The molecule has 0 radical (unpaired) electrons. The van der Waals surface area contributed by atoms with Crippen LogP contribution in [0.2, 0.25) is 0 Å². The van der Waals surface area contributed by atoms with Gasteiger partial charge in [0.2, 0.25) is 0 Å². The quantitative estimate of drug-likeness (QED) is 0.709. The van der Waals surface area contributed by atoms with E-state index in [0.717, 1.165) is 6.54 Å². The van der Waals surface area contributed by atoms with E-state index < -0.39 is 0 Å². The van der Waals surface area contributed by atoms with E-state index in [9.17, 15) is 0 Å². The molecule has 3 nitrogen and oxygen atoms in total. The first-order valence-corrected chi connectivity index (χ1v) is 4.76. The van der Waals surface area contributed by atoms with E-state index in [1.165, 1.54) is 5.54 Å². The average molecular weight is 221 g/mol. The van der Waals surface area contributed by atoms with E-state index >= 15 is 0 Å². The second-order valence-corrected chi connectivity index (χ2v) is 3.48. The van der Waals surface area contributed by atoms with E-state index in [2.05, 4.69) is 6.07 Å². The lowest BCUT2D eigenvalue weighted by Gasteiger charge is -2.29. The molecule has 1 saturated heterocycles. The summed E-state index contributed by atoms with van der Waals surface area (Å²) in [4.78, 5) is 2.04. The van der Waals surface area contributed by atoms with Crippen LogP contribution < -0.4 is 0 Å². The monoisotopic (exact) mass is 220 g/mol. The summed E-state index contributed by atoms with van der Waals surface area (Å²) in [5, 5.41) is 9.21. The first kappa shape index (κ1) is 10.8. The largest absolute Gasteiger partial charge is 0.361 e. The van der Waals surface area contributed by atoms with Gasteiger partial charge in [0.25, 0.3) is 0 Å². The third-order valence-electron chi connectivity index (χ3n) is 1.79. The fraction of sp³-hybridized carbons (Fsp3) is 0.625. The molecule has 0 aromatic carbocycles. The van der Waals surface area contributed by atoms with Crippen molar-refractivity contribution in [2.24, 2.45) is 0 Å². The summed E-state index contributed by atoms with van der Waals surface area (Å²) in [7, 11) is 0. The maximum Gasteiger partial charge on any atom is 0.156 e. The molecular weight excluding hydrogens is 211 g/mol. The summed E-state index contributed by atoms with van der Waals surface area (Å²) >= 11 is 11.2. The standard InChI is InChI=1S/C8H10Cl2N2O/c9-3-7(10)5-12-1-2-13-8(4-11)6-12/h3,8H,1-2,5-6H2. The van der Waals surface area contributed by atoms with Crippen LogP contribution in [0.1, 0.15) is 0 Å². The van der Waals surface area contributed by atoms with Crippen molar-refractivity contribution in [3.05, 3.63) is 10.6 Å². The van der Waals surface area contributed by atoms with Gasteiger partial charge in [-0.3, -0.25) is 4.90 Å². The Morgan fingerprint density at radius 1 is 1.77 bits per heavy atom. The van der Waals surface area contributed by atoms with Crippen LogP contribution in [-0.2, 0) is 4.74 Å². The van der Waals surface area contributed by atoms with Crippen LogP contribution in [-0.4, -0.2) is 37.2 Å². The smallest absolute Gasteiger partial charge is 0.156 e. The van der Waals surface area contributed by atoms with E-state index in [0.29, 0.717) is 24.7 Å². The summed E-state index contributed by atoms with van der Waals surface area (Å²) in [6.45, 7) is 2.55. The predicted octanol–water partition coefficient (Wildman–Crippen LogP) is 1.53. The Morgan fingerprint density at radius 2 is 2.54 bits per heavy atom. The number of morpholine rings is 1. The Labute approximate surface area is 87.5 Å². The zero-order valence-corrected chi connectivity index (χ0v) is 8.55. The third-order valence-corrected chi connectivity index (χ3v) is 2.39. The molecule has 1 atom stereocenters. The van der Waals surface area contributed by atoms with Crippen LogP contribution in [0.3, 0.4) is 0 Å². The Bertz CT molecular complexity index is 237. The fourth-order valence-electron chi connectivity index (χ4n) is 1.17. The molecular formula is C8H10Cl2N2O. The maximum absolute atomic E-state index is 8.62. The van der Waals surface area contributed by atoms with E-state index in [4.69, 9.17) is 33.2 Å². The highest BCUT2D eigenvalue weighted by Gasteiger charge is 2.19. The molecule has 1 heterocycles. The summed E-state index contributed by atoms with van der Waals surface area (Å²) < 4.78 is 5.17. The van der Waals surface area contributed by atoms with Crippen molar-refractivity contribution in [2.75, 3.05) is 26.2 Å². The van der Waals surface area contributed by atoms with Gasteiger partial charge in [-0.05, 0) is 0 Å². The number of rotatable bonds is 2. The minimum absolute atomic E-state index is 0.339. The second kappa shape index (κ2) is 5.46. The van der Waals surface area contributed by atoms with Crippen LogP contribution in [0.4, 0.5) is 0 Å². The Hall–Kier alpha value is -0.270. The van der Waals surface area contributed by atoms with Crippen molar-refractivity contribution in [1.82, 2.24) is 4.90 Å². The van der Waals surface area contributed by atoms with Crippen LogP contribution in [0.25, 0.3) is 0 Å². The number of hydrogen-bond acceptors (Lipinski definition) is 3. The normalized spacial score (nSPS) is 25.6. The molecule has 0 saturated carbocycles. The molecule has 0 amide bonds. The molecule has 72 valence electrons. The molecule has 0 N–H and O–H groups in total. The van der Waals surface area contributed by atoms with Crippen LogP contribution in [0.5, 0.6) is 0 Å². The van der Waals surface area contributed by atoms with Gasteiger partial charge in [0, 0.05) is 30.2 Å². The molecule has 1 unspecified atom stereocenters. The molecule has 1 rings (SSSR count). The highest BCUT2D eigenvalue weighted by Crippen LogP contribution is 2.10. The maximum atomic E-state index is 8.62. The molecule has 0 aromatic rings. The Balaban J connectivity index is 2.39. The van der Waals surface area contributed by atoms with Gasteiger partial charge < -0.3 is 4.74 Å². The van der Waals surface area contributed by atoms with Crippen molar-refractivity contribution >= 4 is 23.2 Å². The number of ether oxygens (including phenoxy) is 1. The van der Waals surface area contributed by atoms with Crippen molar-refractivity contribution < 1.29 is 4.74 Å². The van der Waals surface area contributed by atoms with E-state index in [1.54, 1.807) is 0 Å². The van der Waals surface area contributed by atoms with Gasteiger partial charge in [0.1, 0.15) is 0 Å². The lowest BCUT2D eigenvalue weighted by molar-refractivity contribution is 0.00481. The first-order chi connectivity index (χ1) is 6.26. The molecule has 0 aliphatic carbocycles. The molecule has 13 heavy (non-hydrogen) atoms. The number of nitriles is 1. The summed E-state index contributed by atoms with van der Waals surface area (Å²) in [5.41, 5.74) is 1.35. The van der Waals surface area contributed by atoms with Gasteiger partial charge in [-0.2, -0.15) is 5.26 Å². The lowest BCUT2D eigenvalue weighted by Crippen LogP contribution is -2.42. The highest BCUT2D eigenvalue weighted by molar-refractivity contribution is 6.36. The minimum atomic E-state index is -0.339. The molecule has 5 heteroatoms. The molecule has 1 fully saturated rings. The summed E-state index contributed by atoms with van der Waals surface area (Å²) in [5.74, 6) is 0. The van der Waals surface area contributed by atoms with E-state index in [1.807, 2.05) is 4.90 Å². The van der Waals surface area contributed by atoms with Gasteiger partial charge in [0.05, 0.1) is 12.7 Å². The van der Waals surface area contributed by atoms with Gasteiger partial charge >= 0.3 is 0 Å². The first-order valence-electron chi connectivity index (χ1n) is 3.94. The second-order valence-electron chi connectivity index (χ2n) is 2.78. The number of hydrogen-bond donors (Lipinski definition) is 0. The minimum Gasteiger partial charge on any atom is -0.361 e. The van der Waals surface area contributed by atoms with Crippen LogP contribution in [0.15, 0.2) is 10.6 Å². The van der Waals surface area contributed by atoms with Crippen molar-refractivity contribution in [3.8, 4) is 6.07 Å². The van der Waals surface area contributed by atoms with E-state index in [-0.39, 0.29) is 6.10 Å².